The second-order valence-corrected chi connectivity index (χ2v) is 4.86. The van der Waals surface area contributed by atoms with Crippen molar-refractivity contribution in [3.63, 3.8) is 0 Å². The van der Waals surface area contributed by atoms with Gasteiger partial charge in [-0.1, -0.05) is 30.3 Å². The molecule has 0 bridgehead atoms. The Hall–Kier alpha value is -1.08. The summed E-state index contributed by atoms with van der Waals surface area (Å²) in [5.41, 5.74) is 1.38. The number of benzene rings is 1. The highest BCUT2D eigenvalue weighted by molar-refractivity contribution is 5.13. The molecule has 0 spiro atoms. The first-order valence-corrected chi connectivity index (χ1v) is 7.10. The van der Waals surface area contributed by atoms with Crippen molar-refractivity contribution < 1.29 is 21.6 Å². The lowest BCUT2D eigenvalue weighted by atomic mass is 10.2. The number of hydrogen-bond donors (Lipinski definition) is 0. The summed E-state index contributed by atoms with van der Waals surface area (Å²) < 4.78 is 6.57. The molecule has 0 unspecified atom stereocenters. The maximum Gasteiger partial charge on any atom is 0.104 e. The first-order chi connectivity index (χ1) is 9.26. The molecular formula is C16H25ClN2O. The molecule has 3 nitrogen and oxygen atoms in total. The lowest BCUT2D eigenvalue weighted by molar-refractivity contribution is -0.938. The SMILES string of the molecule is CC[N+](CC)(CCOCCC#N)Cc1ccccc1.[Cl-]. The maximum absolute atomic E-state index is 8.48. The van der Waals surface area contributed by atoms with E-state index in [9.17, 15) is 0 Å². The van der Waals surface area contributed by atoms with Crippen LogP contribution in [0, 0.1) is 11.3 Å². The Morgan fingerprint density at radius 2 is 1.75 bits per heavy atom. The number of quaternary nitrogens is 1. The Labute approximate surface area is 129 Å². The molecule has 0 saturated heterocycles. The van der Waals surface area contributed by atoms with Crippen LogP contribution in [0.25, 0.3) is 0 Å². The van der Waals surface area contributed by atoms with E-state index in [2.05, 4.69) is 50.2 Å². The summed E-state index contributed by atoms with van der Waals surface area (Å²) in [6.07, 6.45) is 0.483. The van der Waals surface area contributed by atoms with Gasteiger partial charge < -0.3 is 21.6 Å². The van der Waals surface area contributed by atoms with E-state index in [4.69, 9.17) is 10.00 Å². The summed E-state index contributed by atoms with van der Waals surface area (Å²) >= 11 is 0. The van der Waals surface area contributed by atoms with Crippen LogP contribution < -0.4 is 12.4 Å². The molecule has 1 aromatic carbocycles. The van der Waals surface area contributed by atoms with E-state index in [1.54, 1.807) is 0 Å². The molecule has 0 N–H and O–H groups in total. The summed E-state index contributed by atoms with van der Waals surface area (Å²) in [7, 11) is 0. The molecule has 112 valence electrons. The molecule has 0 amide bonds. The van der Waals surface area contributed by atoms with Crippen LogP contribution in [0.4, 0.5) is 0 Å². The summed E-state index contributed by atoms with van der Waals surface area (Å²) in [6, 6.07) is 12.7. The third kappa shape index (κ3) is 6.38. The van der Waals surface area contributed by atoms with Gasteiger partial charge in [-0.05, 0) is 13.8 Å². The molecule has 0 aromatic heterocycles. The van der Waals surface area contributed by atoms with Gasteiger partial charge in [0, 0.05) is 5.56 Å². The van der Waals surface area contributed by atoms with E-state index in [1.807, 2.05) is 0 Å². The van der Waals surface area contributed by atoms with Crippen molar-refractivity contribution >= 4 is 0 Å². The molecule has 4 heteroatoms. The standard InChI is InChI=1S/C16H25N2O.ClH/c1-3-18(4-2,12-14-19-13-8-11-17)15-16-9-6-5-7-10-16;/h5-7,9-10H,3-4,8,12-15H2,1-2H3;1H/q+1;/p-1. The van der Waals surface area contributed by atoms with Gasteiger partial charge in [0.05, 0.1) is 38.8 Å². The van der Waals surface area contributed by atoms with Crippen LogP contribution in [0.3, 0.4) is 0 Å². The summed E-state index contributed by atoms with van der Waals surface area (Å²) in [6.45, 7) is 10.0. The lowest BCUT2D eigenvalue weighted by Crippen LogP contribution is -3.00. The van der Waals surface area contributed by atoms with Crippen molar-refractivity contribution in [1.29, 1.82) is 5.26 Å². The van der Waals surface area contributed by atoms with Crippen LogP contribution in [-0.4, -0.2) is 37.3 Å². The van der Waals surface area contributed by atoms with E-state index in [0.29, 0.717) is 13.0 Å². The molecule has 1 aromatic rings. The zero-order chi connectivity index (χ0) is 14.0. The van der Waals surface area contributed by atoms with Crippen molar-refractivity contribution in [1.82, 2.24) is 0 Å². The first-order valence-electron chi connectivity index (χ1n) is 7.10. The van der Waals surface area contributed by atoms with Crippen molar-refractivity contribution in [2.24, 2.45) is 0 Å². The molecule has 0 atom stereocenters. The second kappa shape index (κ2) is 10.7. The minimum atomic E-state index is 0. The maximum atomic E-state index is 8.48. The fourth-order valence-corrected chi connectivity index (χ4v) is 2.29. The second-order valence-electron chi connectivity index (χ2n) is 4.86. The molecule has 0 aliphatic rings. The van der Waals surface area contributed by atoms with Gasteiger partial charge in [0.2, 0.25) is 0 Å². The lowest BCUT2D eigenvalue weighted by Gasteiger charge is -2.37. The molecule has 0 fully saturated rings. The molecule has 0 aliphatic carbocycles. The number of rotatable bonds is 9. The van der Waals surface area contributed by atoms with Crippen molar-refractivity contribution in [3.05, 3.63) is 35.9 Å². The van der Waals surface area contributed by atoms with E-state index in [-0.39, 0.29) is 12.4 Å². The molecule has 0 aliphatic heterocycles. The predicted octanol–water partition coefficient (Wildman–Crippen LogP) is -0.0225. The monoisotopic (exact) mass is 296 g/mol. The largest absolute Gasteiger partial charge is 1.00 e. The smallest absolute Gasteiger partial charge is 0.104 e. The van der Waals surface area contributed by atoms with Gasteiger partial charge >= 0.3 is 0 Å². The summed E-state index contributed by atoms with van der Waals surface area (Å²) in [5.74, 6) is 0. The number of ether oxygens (including phenoxy) is 1. The Morgan fingerprint density at radius 1 is 1.10 bits per heavy atom. The molecular weight excluding hydrogens is 272 g/mol. The zero-order valence-corrected chi connectivity index (χ0v) is 13.3. The van der Waals surface area contributed by atoms with Crippen molar-refractivity contribution in [2.75, 3.05) is 32.8 Å². The van der Waals surface area contributed by atoms with E-state index >= 15 is 0 Å². The quantitative estimate of drug-likeness (QED) is 0.474. The van der Waals surface area contributed by atoms with Gasteiger partial charge in [-0.15, -0.1) is 0 Å². The molecule has 20 heavy (non-hydrogen) atoms. The van der Waals surface area contributed by atoms with E-state index < -0.39 is 0 Å². The number of nitrogens with zero attached hydrogens (tertiary/aromatic N) is 2. The average Bonchev–Trinajstić information content (AvgIpc) is 2.47. The molecule has 0 radical (unpaired) electrons. The fraction of sp³-hybridized carbons (Fsp3) is 0.562. The van der Waals surface area contributed by atoms with Gasteiger partial charge in [0.1, 0.15) is 13.1 Å². The van der Waals surface area contributed by atoms with Crippen LogP contribution in [0.5, 0.6) is 0 Å². The van der Waals surface area contributed by atoms with Crippen molar-refractivity contribution in [3.8, 4) is 6.07 Å². The average molecular weight is 297 g/mol. The Kier molecular flexibility index (Phi) is 10.1. The van der Waals surface area contributed by atoms with E-state index in [1.165, 1.54) is 5.56 Å². The third-order valence-electron chi connectivity index (χ3n) is 3.77. The van der Waals surface area contributed by atoms with Crippen LogP contribution in [-0.2, 0) is 11.3 Å². The third-order valence-corrected chi connectivity index (χ3v) is 3.77. The highest BCUT2D eigenvalue weighted by atomic mass is 35.5. The van der Waals surface area contributed by atoms with Gasteiger partial charge in [0.25, 0.3) is 0 Å². The van der Waals surface area contributed by atoms with Crippen LogP contribution >= 0.6 is 0 Å². The Morgan fingerprint density at radius 3 is 2.30 bits per heavy atom. The van der Waals surface area contributed by atoms with Crippen LogP contribution in [0.15, 0.2) is 30.3 Å². The Bertz CT molecular complexity index is 385. The number of nitriles is 1. The summed E-state index contributed by atoms with van der Waals surface area (Å²) in [5, 5.41) is 8.48. The number of halogens is 1. The fourth-order valence-electron chi connectivity index (χ4n) is 2.29. The highest BCUT2D eigenvalue weighted by Gasteiger charge is 2.23. The predicted molar refractivity (Wildman–Crippen MR) is 77.4 cm³/mol. The minimum absolute atomic E-state index is 0. The molecule has 1 rings (SSSR count). The number of hydrogen-bond acceptors (Lipinski definition) is 2. The molecule has 0 heterocycles. The normalized spacial score (nSPS) is 10.7. The minimum Gasteiger partial charge on any atom is -1.00 e. The van der Waals surface area contributed by atoms with Crippen molar-refractivity contribution in [2.45, 2.75) is 26.8 Å². The highest BCUT2D eigenvalue weighted by Crippen LogP contribution is 2.14. The van der Waals surface area contributed by atoms with Gasteiger partial charge in [-0.2, -0.15) is 5.26 Å². The molecule has 0 saturated carbocycles. The Balaban J connectivity index is 0.00000361. The number of likely N-dealkylation sites (N-methyl/N-ethyl adjacent to an activating group) is 1. The summed E-state index contributed by atoms with van der Waals surface area (Å²) in [4.78, 5) is 0. The zero-order valence-electron chi connectivity index (χ0n) is 12.5. The van der Waals surface area contributed by atoms with Gasteiger partial charge in [0.15, 0.2) is 0 Å². The van der Waals surface area contributed by atoms with Crippen LogP contribution in [0.2, 0.25) is 0 Å². The first kappa shape index (κ1) is 18.9. The van der Waals surface area contributed by atoms with Gasteiger partial charge in [-0.3, -0.25) is 0 Å². The van der Waals surface area contributed by atoms with Crippen LogP contribution in [0.1, 0.15) is 25.8 Å². The van der Waals surface area contributed by atoms with Gasteiger partial charge in [-0.25, -0.2) is 0 Å². The van der Waals surface area contributed by atoms with E-state index in [0.717, 1.165) is 37.3 Å². The topological polar surface area (TPSA) is 33.0 Å².